The largest absolute Gasteiger partial charge is 0.493 e. The smallest absolute Gasteiger partial charge is 0.416 e. The molecule has 9 heteroatoms. The number of rotatable bonds is 14. The third-order valence-electron chi connectivity index (χ3n) is 5.11. The van der Waals surface area contributed by atoms with Gasteiger partial charge in [0.15, 0.2) is 0 Å². The van der Waals surface area contributed by atoms with Crippen molar-refractivity contribution in [2.45, 2.75) is 52.1 Å². The van der Waals surface area contributed by atoms with Crippen LogP contribution >= 0.6 is 23.2 Å². The number of nitrogens with zero attached hydrogens (tertiary/aromatic N) is 1. The molecule has 0 amide bonds. The molecule has 0 aliphatic rings. The molecule has 2 aromatic carbocycles. The van der Waals surface area contributed by atoms with Crippen LogP contribution in [0.2, 0.25) is 0 Å². The second kappa shape index (κ2) is 14.9. The third kappa shape index (κ3) is 10.4. The van der Waals surface area contributed by atoms with E-state index in [4.69, 9.17) is 37.5 Å². The molecule has 0 atom stereocenters. The highest BCUT2D eigenvalue weighted by molar-refractivity contribution is 6.55. The molecule has 0 aliphatic heterocycles. The van der Waals surface area contributed by atoms with Gasteiger partial charge in [-0.1, -0.05) is 54.3 Å². The molecular formula is C26H30Cl2F3NO3. The topological polar surface area (TPSA) is 40.0 Å². The van der Waals surface area contributed by atoms with Gasteiger partial charge in [-0.3, -0.25) is 0 Å². The molecule has 0 heterocycles. The Morgan fingerprint density at radius 1 is 0.914 bits per heavy atom. The van der Waals surface area contributed by atoms with Gasteiger partial charge in [-0.2, -0.15) is 13.2 Å². The molecule has 2 aromatic rings. The first-order valence-electron chi connectivity index (χ1n) is 11.5. The number of hydrogen-bond acceptors (Lipinski definition) is 4. The maximum atomic E-state index is 12.6. The SMILES string of the molecule is CCc1cc(OCC=C(Cl)Cl)cc(CC)c1OCCCCCO/N=C/c1ccc(C(F)(F)F)cc1. The minimum Gasteiger partial charge on any atom is -0.493 e. The highest BCUT2D eigenvalue weighted by atomic mass is 35.5. The molecule has 0 bridgehead atoms. The summed E-state index contributed by atoms with van der Waals surface area (Å²) in [5, 5.41) is 3.82. The molecular weight excluding hydrogens is 502 g/mol. The fourth-order valence-electron chi connectivity index (χ4n) is 3.25. The van der Waals surface area contributed by atoms with Gasteiger partial charge >= 0.3 is 6.18 Å². The van der Waals surface area contributed by atoms with Crippen LogP contribution in [0.3, 0.4) is 0 Å². The maximum absolute atomic E-state index is 12.6. The molecule has 2 rings (SSSR count). The zero-order valence-electron chi connectivity index (χ0n) is 19.8. The standard InChI is InChI=1S/C26H30Cl2F3NO3/c1-3-20-16-23(33-15-12-24(27)28)17-21(4-2)25(20)34-13-6-5-7-14-35-32-18-19-8-10-22(11-9-19)26(29,30)31/h8-12,16-18H,3-7,13-15H2,1-2H3/b32-18+. The van der Waals surface area contributed by atoms with Crippen molar-refractivity contribution in [1.29, 1.82) is 0 Å². The van der Waals surface area contributed by atoms with Crippen LogP contribution in [-0.4, -0.2) is 26.0 Å². The van der Waals surface area contributed by atoms with Crippen molar-refractivity contribution >= 4 is 29.4 Å². The summed E-state index contributed by atoms with van der Waals surface area (Å²) in [6.45, 7) is 5.45. The summed E-state index contributed by atoms with van der Waals surface area (Å²) in [7, 11) is 0. The fraction of sp³-hybridized carbons (Fsp3) is 0.423. The maximum Gasteiger partial charge on any atom is 0.416 e. The number of unbranched alkanes of at least 4 members (excludes halogenated alkanes) is 2. The van der Waals surface area contributed by atoms with Crippen LogP contribution in [0.4, 0.5) is 13.2 Å². The highest BCUT2D eigenvalue weighted by Crippen LogP contribution is 2.31. The Labute approximate surface area is 214 Å². The number of aryl methyl sites for hydroxylation is 2. The Morgan fingerprint density at radius 3 is 2.11 bits per heavy atom. The molecule has 192 valence electrons. The van der Waals surface area contributed by atoms with Crippen LogP contribution in [0, 0.1) is 0 Å². The van der Waals surface area contributed by atoms with Crippen molar-refractivity contribution in [3.05, 3.63) is 69.2 Å². The number of ether oxygens (including phenoxy) is 2. The Balaban J connectivity index is 1.72. The summed E-state index contributed by atoms with van der Waals surface area (Å²) in [4.78, 5) is 5.20. The lowest BCUT2D eigenvalue weighted by Gasteiger charge is -2.17. The average molecular weight is 532 g/mol. The Bertz CT molecular complexity index is 948. The fourth-order valence-corrected chi connectivity index (χ4v) is 3.37. The van der Waals surface area contributed by atoms with Crippen LogP contribution in [-0.2, 0) is 23.9 Å². The van der Waals surface area contributed by atoms with Gasteiger partial charge < -0.3 is 14.3 Å². The molecule has 0 N–H and O–H groups in total. The summed E-state index contributed by atoms with van der Waals surface area (Å²) in [5.41, 5.74) is 2.02. The van der Waals surface area contributed by atoms with Crippen molar-refractivity contribution in [3.63, 3.8) is 0 Å². The number of hydrogen-bond donors (Lipinski definition) is 0. The number of halogens is 5. The van der Waals surface area contributed by atoms with Gasteiger partial charge in [0.2, 0.25) is 0 Å². The van der Waals surface area contributed by atoms with Crippen molar-refractivity contribution in [1.82, 2.24) is 0 Å². The predicted octanol–water partition coefficient (Wildman–Crippen LogP) is 8.13. The molecule has 4 nitrogen and oxygen atoms in total. The third-order valence-corrected chi connectivity index (χ3v) is 5.42. The highest BCUT2D eigenvalue weighted by Gasteiger charge is 2.29. The normalized spacial score (nSPS) is 11.5. The molecule has 0 saturated heterocycles. The molecule has 0 radical (unpaired) electrons. The van der Waals surface area contributed by atoms with Gasteiger partial charge in [-0.25, -0.2) is 0 Å². The quantitative estimate of drug-likeness (QED) is 0.140. The summed E-state index contributed by atoms with van der Waals surface area (Å²) in [6.07, 6.45) is 2.82. The van der Waals surface area contributed by atoms with Gasteiger partial charge in [-0.15, -0.1) is 0 Å². The van der Waals surface area contributed by atoms with E-state index in [0.29, 0.717) is 25.4 Å². The average Bonchev–Trinajstić information content (AvgIpc) is 2.82. The molecule has 35 heavy (non-hydrogen) atoms. The van der Waals surface area contributed by atoms with Crippen molar-refractivity contribution < 1.29 is 27.5 Å². The van der Waals surface area contributed by atoms with E-state index < -0.39 is 11.7 Å². The van der Waals surface area contributed by atoms with Crippen LogP contribution in [0.1, 0.15) is 55.4 Å². The minimum atomic E-state index is -4.35. The van der Waals surface area contributed by atoms with Crippen molar-refractivity contribution in [2.24, 2.45) is 5.16 Å². The van der Waals surface area contributed by atoms with E-state index in [-0.39, 0.29) is 4.49 Å². The summed E-state index contributed by atoms with van der Waals surface area (Å²) >= 11 is 11.3. The van der Waals surface area contributed by atoms with Crippen LogP contribution in [0.25, 0.3) is 0 Å². The number of alkyl halides is 3. The number of benzene rings is 2. The molecule has 0 aromatic heterocycles. The Hall–Kier alpha value is -2.38. The summed E-state index contributed by atoms with van der Waals surface area (Å²) in [6, 6.07) is 8.70. The van der Waals surface area contributed by atoms with E-state index >= 15 is 0 Å². The van der Waals surface area contributed by atoms with E-state index in [2.05, 4.69) is 19.0 Å². The zero-order chi connectivity index (χ0) is 25.7. The molecule has 0 aliphatic carbocycles. The Kier molecular flexibility index (Phi) is 12.3. The lowest BCUT2D eigenvalue weighted by molar-refractivity contribution is -0.137. The second-order valence-electron chi connectivity index (χ2n) is 7.68. The van der Waals surface area contributed by atoms with Crippen LogP contribution in [0.15, 0.2) is 52.1 Å². The van der Waals surface area contributed by atoms with E-state index in [1.54, 1.807) is 6.08 Å². The first-order valence-corrected chi connectivity index (χ1v) is 12.2. The van der Waals surface area contributed by atoms with Crippen LogP contribution in [0.5, 0.6) is 11.5 Å². The molecule has 0 saturated carbocycles. The van der Waals surface area contributed by atoms with E-state index in [0.717, 1.165) is 66.9 Å². The van der Waals surface area contributed by atoms with E-state index in [1.165, 1.54) is 18.3 Å². The lowest BCUT2D eigenvalue weighted by Crippen LogP contribution is -2.05. The molecule has 0 unspecified atom stereocenters. The van der Waals surface area contributed by atoms with Crippen LogP contribution < -0.4 is 9.47 Å². The van der Waals surface area contributed by atoms with E-state index in [9.17, 15) is 13.2 Å². The van der Waals surface area contributed by atoms with Gasteiger partial charge in [0.1, 0.15) is 29.2 Å². The van der Waals surface area contributed by atoms with E-state index in [1.807, 2.05) is 12.1 Å². The first kappa shape index (κ1) is 28.9. The molecule has 0 fully saturated rings. The van der Waals surface area contributed by atoms with Gasteiger partial charge in [-0.05, 0) is 79.1 Å². The number of oxime groups is 1. The predicted molar refractivity (Wildman–Crippen MR) is 135 cm³/mol. The monoisotopic (exact) mass is 531 g/mol. The summed E-state index contributed by atoms with van der Waals surface area (Å²) < 4.78 is 49.7. The first-order chi connectivity index (χ1) is 16.7. The lowest BCUT2D eigenvalue weighted by atomic mass is 10.0. The zero-order valence-corrected chi connectivity index (χ0v) is 21.3. The van der Waals surface area contributed by atoms with Gasteiger partial charge in [0.25, 0.3) is 0 Å². The van der Waals surface area contributed by atoms with Crippen molar-refractivity contribution in [2.75, 3.05) is 19.8 Å². The summed E-state index contributed by atoms with van der Waals surface area (Å²) in [5.74, 6) is 1.66. The van der Waals surface area contributed by atoms with Gasteiger partial charge in [0, 0.05) is 0 Å². The molecule has 0 spiro atoms. The van der Waals surface area contributed by atoms with Gasteiger partial charge in [0.05, 0.1) is 18.4 Å². The van der Waals surface area contributed by atoms with Crippen molar-refractivity contribution in [3.8, 4) is 11.5 Å². The minimum absolute atomic E-state index is 0.174. The second-order valence-corrected chi connectivity index (χ2v) is 8.69. The Morgan fingerprint density at radius 2 is 1.54 bits per heavy atom.